The largest absolute Gasteiger partial charge is 0.472 e. The third-order valence-corrected chi connectivity index (χ3v) is 7.77. The standard InChI is InChI=1S/C32H59O8P/c1-29(2)31(33)37-25-21-17-13-9-5-7-11-15-19-23-27-39-41(35,36)40-28-24-20-16-12-8-6-10-14-18-22-26-38-32(34)30(3)4/h1,3,5-28H2,2,4H3,(H,35,36). The van der Waals surface area contributed by atoms with Gasteiger partial charge < -0.3 is 14.4 Å². The van der Waals surface area contributed by atoms with E-state index in [9.17, 15) is 19.0 Å². The molecule has 0 amide bonds. The zero-order valence-electron chi connectivity index (χ0n) is 26.1. The minimum absolute atomic E-state index is 0.253. The number of carbonyl (C=O) groups is 2. The molecule has 0 bridgehead atoms. The lowest BCUT2D eigenvalue weighted by Crippen LogP contribution is -2.05. The summed E-state index contributed by atoms with van der Waals surface area (Å²) >= 11 is 0. The Balaban J connectivity index is 3.36. The van der Waals surface area contributed by atoms with Crippen LogP contribution in [0.25, 0.3) is 0 Å². The third kappa shape index (κ3) is 28.4. The fourth-order valence-corrected chi connectivity index (χ4v) is 5.00. The highest BCUT2D eigenvalue weighted by molar-refractivity contribution is 7.47. The Labute approximate surface area is 250 Å². The molecule has 0 aliphatic heterocycles. The molecule has 0 spiro atoms. The van der Waals surface area contributed by atoms with Crippen molar-refractivity contribution in [2.45, 2.75) is 142 Å². The van der Waals surface area contributed by atoms with E-state index in [4.69, 9.17) is 18.5 Å². The number of hydrogen-bond donors (Lipinski definition) is 1. The number of phosphoric acid groups is 1. The van der Waals surface area contributed by atoms with Gasteiger partial charge in [0, 0.05) is 11.1 Å². The molecule has 0 aliphatic rings. The monoisotopic (exact) mass is 602 g/mol. The molecule has 240 valence electrons. The number of phosphoric ester groups is 1. The maximum Gasteiger partial charge on any atom is 0.472 e. The van der Waals surface area contributed by atoms with Gasteiger partial charge in [0.25, 0.3) is 0 Å². The summed E-state index contributed by atoms with van der Waals surface area (Å²) in [5.74, 6) is -0.611. The van der Waals surface area contributed by atoms with Gasteiger partial charge in [0.2, 0.25) is 0 Å². The molecule has 9 heteroatoms. The SMILES string of the molecule is C=C(C)C(=O)OCCCCCCCCCCCCOP(=O)(O)OCCCCCCCCCCCCOC(=O)C(=C)C. The molecule has 0 aromatic rings. The van der Waals surface area contributed by atoms with Gasteiger partial charge in [0.15, 0.2) is 0 Å². The Morgan fingerprint density at radius 3 is 0.951 bits per heavy atom. The number of hydrogen-bond acceptors (Lipinski definition) is 7. The zero-order valence-corrected chi connectivity index (χ0v) is 27.0. The van der Waals surface area contributed by atoms with Crippen molar-refractivity contribution in [3.05, 3.63) is 24.3 Å². The van der Waals surface area contributed by atoms with Crippen LogP contribution in [0.2, 0.25) is 0 Å². The first-order valence-electron chi connectivity index (χ1n) is 15.9. The summed E-state index contributed by atoms with van der Waals surface area (Å²) in [6, 6.07) is 0. The van der Waals surface area contributed by atoms with E-state index in [1.807, 2.05) is 0 Å². The summed E-state index contributed by atoms with van der Waals surface area (Å²) < 4.78 is 32.4. The zero-order chi connectivity index (χ0) is 30.6. The lowest BCUT2D eigenvalue weighted by Gasteiger charge is -2.12. The molecule has 0 rings (SSSR count). The van der Waals surface area contributed by atoms with Gasteiger partial charge in [-0.2, -0.15) is 0 Å². The predicted molar refractivity (Wildman–Crippen MR) is 166 cm³/mol. The Morgan fingerprint density at radius 2 is 0.707 bits per heavy atom. The molecule has 0 saturated heterocycles. The first kappa shape index (κ1) is 39.5. The van der Waals surface area contributed by atoms with E-state index in [1.54, 1.807) is 13.8 Å². The van der Waals surface area contributed by atoms with Crippen molar-refractivity contribution >= 4 is 19.8 Å². The second kappa shape index (κ2) is 27.4. The topological polar surface area (TPSA) is 108 Å². The highest BCUT2D eigenvalue weighted by atomic mass is 31.2. The van der Waals surface area contributed by atoms with Crippen LogP contribution in [0.3, 0.4) is 0 Å². The molecule has 0 fully saturated rings. The van der Waals surface area contributed by atoms with E-state index < -0.39 is 7.82 Å². The minimum atomic E-state index is -3.94. The van der Waals surface area contributed by atoms with Gasteiger partial charge in [0.05, 0.1) is 26.4 Å². The van der Waals surface area contributed by atoms with Crippen molar-refractivity contribution in [3.63, 3.8) is 0 Å². The van der Waals surface area contributed by atoms with Gasteiger partial charge in [-0.05, 0) is 39.5 Å². The molecule has 8 nitrogen and oxygen atoms in total. The highest BCUT2D eigenvalue weighted by Crippen LogP contribution is 2.43. The Hall–Kier alpha value is -1.47. The van der Waals surface area contributed by atoms with Crippen molar-refractivity contribution in [1.29, 1.82) is 0 Å². The predicted octanol–water partition coefficient (Wildman–Crippen LogP) is 9.16. The van der Waals surface area contributed by atoms with Gasteiger partial charge in [-0.25, -0.2) is 14.2 Å². The van der Waals surface area contributed by atoms with Crippen molar-refractivity contribution < 1.29 is 37.6 Å². The highest BCUT2D eigenvalue weighted by Gasteiger charge is 2.19. The average Bonchev–Trinajstić information content (AvgIpc) is 2.92. The van der Waals surface area contributed by atoms with E-state index >= 15 is 0 Å². The van der Waals surface area contributed by atoms with E-state index in [1.165, 1.54) is 38.5 Å². The summed E-state index contributed by atoms with van der Waals surface area (Å²) in [4.78, 5) is 32.4. The Morgan fingerprint density at radius 1 is 0.488 bits per heavy atom. The van der Waals surface area contributed by atoms with Crippen LogP contribution in [-0.2, 0) is 32.7 Å². The van der Waals surface area contributed by atoms with E-state index in [2.05, 4.69) is 13.2 Å². The summed E-state index contributed by atoms with van der Waals surface area (Å²) in [5, 5.41) is 0. The quantitative estimate of drug-likeness (QED) is 0.0375. The molecule has 0 aliphatic carbocycles. The minimum Gasteiger partial charge on any atom is -0.462 e. The summed E-state index contributed by atoms with van der Waals surface area (Å²) in [7, 11) is -3.94. The van der Waals surface area contributed by atoms with Crippen molar-refractivity contribution in [3.8, 4) is 0 Å². The first-order valence-corrected chi connectivity index (χ1v) is 17.4. The summed E-state index contributed by atoms with van der Waals surface area (Å²) in [6.45, 7) is 11.9. The molecule has 0 heterocycles. The molecule has 0 aromatic heterocycles. The molecular formula is C32H59O8P. The second-order valence-electron chi connectivity index (χ2n) is 11.0. The number of unbranched alkanes of at least 4 members (excludes halogenated alkanes) is 18. The van der Waals surface area contributed by atoms with E-state index in [0.717, 1.165) is 89.9 Å². The maximum atomic E-state index is 12.0. The number of carbonyl (C=O) groups excluding carboxylic acids is 2. The van der Waals surface area contributed by atoms with Crippen LogP contribution >= 0.6 is 7.82 Å². The first-order chi connectivity index (χ1) is 19.7. The van der Waals surface area contributed by atoms with Crippen molar-refractivity contribution in [2.75, 3.05) is 26.4 Å². The smallest absolute Gasteiger partial charge is 0.462 e. The molecule has 0 atom stereocenters. The van der Waals surface area contributed by atoms with Gasteiger partial charge in [-0.15, -0.1) is 0 Å². The molecular weight excluding hydrogens is 543 g/mol. The second-order valence-corrected chi connectivity index (χ2v) is 12.5. The van der Waals surface area contributed by atoms with Crippen LogP contribution in [0.1, 0.15) is 142 Å². The maximum absolute atomic E-state index is 12.0. The average molecular weight is 603 g/mol. The van der Waals surface area contributed by atoms with Crippen molar-refractivity contribution in [1.82, 2.24) is 0 Å². The third-order valence-electron chi connectivity index (χ3n) is 6.75. The fourth-order valence-electron chi connectivity index (χ4n) is 4.21. The van der Waals surface area contributed by atoms with E-state index in [-0.39, 0.29) is 25.2 Å². The van der Waals surface area contributed by atoms with Crippen LogP contribution in [0.15, 0.2) is 24.3 Å². The number of esters is 2. The lowest BCUT2D eigenvalue weighted by atomic mass is 10.1. The normalized spacial score (nSPS) is 11.4. The molecule has 0 aromatic carbocycles. The van der Waals surface area contributed by atoms with Crippen LogP contribution in [-0.4, -0.2) is 43.3 Å². The summed E-state index contributed by atoms with van der Waals surface area (Å²) in [6.07, 6.45) is 21.5. The van der Waals surface area contributed by atoms with Crippen LogP contribution < -0.4 is 0 Å². The van der Waals surface area contributed by atoms with Gasteiger partial charge >= 0.3 is 19.8 Å². The molecule has 1 N–H and O–H groups in total. The number of rotatable bonds is 30. The molecule has 0 saturated carbocycles. The molecule has 41 heavy (non-hydrogen) atoms. The lowest BCUT2D eigenvalue weighted by molar-refractivity contribution is -0.139. The van der Waals surface area contributed by atoms with Crippen LogP contribution in [0.4, 0.5) is 0 Å². The molecule has 0 unspecified atom stereocenters. The fraction of sp³-hybridized carbons (Fsp3) is 0.812. The van der Waals surface area contributed by atoms with Gasteiger partial charge in [-0.1, -0.05) is 116 Å². The molecule has 0 radical (unpaired) electrons. The van der Waals surface area contributed by atoms with E-state index in [0.29, 0.717) is 24.4 Å². The van der Waals surface area contributed by atoms with Gasteiger partial charge in [0.1, 0.15) is 0 Å². The summed E-state index contributed by atoms with van der Waals surface area (Å²) in [5.41, 5.74) is 0.892. The Kier molecular flexibility index (Phi) is 26.4. The van der Waals surface area contributed by atoms with Crippen LogP contribution in [0, 0.1) is 0 Å². The van der Waals surface area contributed by atoms with Crippen molar-refractivity contribution in [2.24, 2.45) is 0 Å². The number of ether oxygens (including phenoxy) is 2. The Bertz CT molecular complexity index is 694. The van der Waals surface area contributed by atoms with Gasteiger partial charge in [-0.3, -0.25) is 9.05 Å². The van der Waals surface area contributed by atoms with Crippen LogP contribution in [0.5, 0.6) is 0 Å².